The quantitative estimate of drug-likeness (QED) is 0.775. The SMILES string of the molecule is CN1CCCC1C(=O)N1CCN(CC2CCC=CO2)CC1. The molecule has 0 aromatic carbocycles. The van der Waals surface area contributed by atoms with E-state index in [1.54, 1.807) is 0 Å². The normalized spacial score (nSPS) is 31.4. The second-order valence-electron chi connectivity index (χ2n) is 6.47. The molecule has 21 heavy (non-hydrogen) atoms. The summed E-state index contributed by atoms with van der Waals surface area (Å²) >= 11 is 0. The molecule has 0 N–H and O–H groups in total. The van der Waals surface area contributed by atoms with Crippen LogP contribution < -0.4 is 0 Å². The van der Waals surface area contributed by atoms with Gasteiger partial charge < -0.3 is 9.64 Å². The van der Waals surface area contributed by atoms with E-state index in [0.717, 1.165) is 65.0 Å². The highest BCUT2D eigenvalue weighted by Crippen LogP contribution is 2.18. The van der Waals surface area contributed by atoms with Gasteiger partial charge in [-0.15, -0.1) is 0 Å². The number of carbonyl (C=O) groups is 1. The van der Waals surface area contributed by atoms with Crippen LogP contribution in [0.1, 0.15) is 25.7 Å². The molecular formula is C16H27N3O2. The summed E-state index contributed by atoms with van der Waals surface area (Å²) in [5.41, 5.74) is 0. The van der Waals surface area contributed by atoms with Crippen LogP contribution in [-0.4, -0.2) is 79.1 Å². The number of ether oxygens (including phenoxy) is 1. The van der Waals surface area contributed by atoms with Gasteiger partial charge in [0.1, 0.15) is 6.10 Å². The van der Waals surface area contributed by atoms with Gasteiger partial charge in [0.05, 0.1) is 12.3 Å². The summed E-state index contributed by atoms with van der Waals surface area (Å²) in [5.74, 6) is 0.339. The van der Waals surface area contributed by atoms with Crippen LogP contribution in [0.2, 0.25) is 0 Å². The topological polar surface area (TPSA) is 36.0 Å². The first kappa shape index (κ1) is 14.9. The molecule has 2 fully saturated rings. The van der Waals surface area contributed by atoms with Gasteiger partial charge in [-0.3, -0.25) is 14.6 Å². The molecule has 2 unspecified atom stereocenters. The standard InChI is InChI=1S/C16H27N3O2/c1-17-7-4-6-15(17)16(20)19-10-8-18(9-11-19)13-14-5-2-3-12-21-14/h3,12,14-15H,2,4-11,13H2,1H3. The Hall–Kier alpha value is -1.07. The lowest BCUT2D eigenvalue weighted by atomic mass is 10.1. The Morgan fingerprint density at radius 1 is 1.19 bits per heavy atom. The zero-order chi connectivity index (χ0) is 14.7. The molecule has 0 aliphatic carbocycles. The summed E-state index contributed by atoms with van der Waals surface area (Å²) in [6.45, 7) is 5.74. The number of allylic oxidation sites excluding steroid dienone is 1. The molecule has 0 radical (unpaired) electrons. The number of piperazine rings is 1. The Bertz CT molecular complexity index is 391. The number of likely N-dealkylation sites (tertiary alicyclic amines) is 1. The molecule has 0 aromatic heterocycles. The fraction of sp³-hybridized carbons (Fsp3) is 0.812. The van der Waals surface area contributed by atoms with E-state index in [-0.39, 0.29) is 6.04 Å². The van der Waals surface area contributed by atoms with Gasteiger partial charge >= 0.3 is 0 Å². The number of hydrogen-bond acceptors (Lipinski definition) is 4. The van der Waals surface area contributed by atoms with E-state index in [4.69, 9.17) is 4.74 Å². The Labute approximate surface area is 127 Å². The molecule has 5 heteroatoms. The summed E-state index contributed by atoms with van der Waals surface area (Å²) in [6, 6.07) is 0.128. The molecule has 0 spiro atoms. The second-order valence-corrected chi connectivity index (χ2v) is 6.47. The van der Waals surface area contributed by atoms with E-state index < -0.39 is 0 Å². The van der Waals surface area contributed by atoms with Gasteiger partial charge in [0.25, 0.3) is 0 Å². The van der Waals surface area contributed by atoms with Crippen LogP contribution >= 0.6 is 0 Å². The highest BCUT2D eigenvalue weighted by molar-refractivity contribution is 5.82. The van der Waals surface area contributed by atoms with Gasteiger partial charge in [0, 0.05) is 32.7 Å². The number of hydrogen-bond donors (Lipinski definition) is 0. The van der Waals surface area contributed by atoms with Crippen molar-refractivity contribution in [3.63, 3.8) is 0 Å². The molecule has 2 atom stereocenters. The largest absolute Gasteiger partial charge is 0.497 e. The maximum absolute atomic E-state index is 12.5. The van der Waals surface area contributed by atoms with Crippen molar-refractivity contribution in [2.45, 2.75) is 37.8 Å². The van der Waals surface area contributed by atoms with E-state index >= 15 is 0 Å². The van der Waals surface area contributed by atoms with E-state index in [2.05, 4.69) is 27.8 Å². The molecule has 3 heterocycles. The molecule has 3 aliphatic heterocycles. The minimum atomic E-state index is 0.128. The highest BCUT2D eigenvalue weighted by Gasteiger charge is 2.33. The van der Waals surface area contributed by atoms with Gasteiger partial charge in [-0.25, -0.2) is 0 Å². The van der Waals surface area contributed by atoms with Crippen LogP contribution in [0.4, 0.5) is 0 Å². The summed E-state index contributed by atoms with van der Waals surface area (Å²) in [4.78, 5) is 19.2. The zero-order valence-electron chi connectivity index (χ0n) is 13.0. The summed E-state index contributed by atoms with van der Waals surface area (Å²) in [6.07, 6.45) is 8.67. The molecule has 0 saturated carbocycles. The third-order valence-electron chi connectivity index (χ3n) is 4.97. The van der Waals surface area contributed by atoms with Crippen molar-refractivity contribution in [3.05, 3.63) is 12.3 Å². The van der Waals surface area contributed by atoms with Gasteiger partial charge in [0.15, 0.2) is 0 Å². The first-order valence-corrected chi connectivity index (χ1v) is 8.26. The van der Waals surface area contributed by atoms with Gasteiger partial charge in [0.2, 0.25) is 5.91 Å². The molecule has 5 nitrogen and oxygen atoms in total. The first-order chi connectivity index (χ1) is 10.2. The lowest BCUT2D eigenvalue weighted by molar-refractivity contribution is -0.137. The Morgan fingerprint density at radius 3 is 2.62 bits per heavy atom. The second kappa shape index (κ2) is 6.79. The lowest BCUT2D eigenvalue weighted by Crippen LogP contribution is -2.54. The molecule has 118 valence electrons. The average molecular weight is 293 g/mol. The maximum Gasteiger partial charge on any atom is 0.240 e. The van der Waals surface area contributed by atoms with Crippen LogP contribution in [0, 0.1) is 0 Å². The molecule has 0 bridgehead atoms. The molecule has 3 rings (SSSR count). The predicted molar refractivity (Wildman–Crippen MR) is 81.9 cm³/mol. The lowest BCUT2D eigenvalue weighted by Gasteiger charge is -2.38. The first-order valence-electron chi connectivity index (χ1n) is 8.26. The number of likely N-dealkylation sites (N-methyl/N-ethyl adjacent to an activating group) is 1. The molecule has 3 aliphatic rings. The van der Waals surface area contributed by atoms with Crippen molar-refractivity contribution >= 4 is 5.91 Å². The van der Waals surface area contributed by atoms with Crippen molar-refractivity contribution in [2.75, 3.05) is 46.3 Å². The zero-order valence-corrected chi connectivity index (χ0v) is 13.0. The van der Waals surface area contributed by atoms with E-state index in [1.165, 1.54) is 0 Å². The van der Waals surface area contributed by atoms with Crippen LogP contribution in [0.25, 0.3) is 0 Å². The fourth-order valence-electron chi connectivity index (χ4n) is 3.59. The third-order valence-corrected chi connectivity index (χ3v) is 4.97. The number of carbonyl (C=O) groups excluding carboxylic acids is 1. The molecular weight excluding hydrogens is 266 g/mol. The summed E-state index contributed by atoms with van der Waals surface area (Å²) in [5, 5.41) is 0. The molecule has 1 amide bonds. The van der Waals surface area contributed by atoms with Crippen molar-refractivity contribution in [1.82, 2.24) is 14.7 Å². The molecule has 2 saturated heterocycles. The Morgan fingerprint density at radius 2 is 2.00 bits per heavy atom. The van der Waals surface area contributed by atoms with Crippen LogP contribution in [0.3, 0.4) is 0 Å². The third kappa shape index (κ3) is 3.58. The van der Waals surface area contributed by atoms with E-state index in [1.807, 2.05) is 6.26 Å². The Kier molecular flexibility index (Phi) is 4.80. The van der Waals surface area contributed by atoms with Crippen molar-refractivity contribution < 1.29 is 9.53 Å². The van der Waals surface area contributed by atoms with Crippen LogP contribution in [0.15, 0.2) is 12.3 Å². The minimum absolute atomic E-state index is 0.128. The number of nitrogens with zero attached hydrogens (tertiary/aromatic N) is 3. The van der Waals surface area contributed by atoms with E-state index in [0.29, 0.717) is 12.0 Å². The van der Waals surface area contributed by atoms with Gasteiger partial charge in [-0.05, 0) is 45.4 Å². The van der Waals surface area contributed by atoms with E-state index in [9.17, 15) is 4.79 Å². The minimum Gasteiger partial charge on any atom is -0.497 e. The highest BCUT2D eigenvalue weighted by atomic mass is 16.5. The van der Waals surface area contributed by atoms with Crippen LogP contribution in [-0.2, 0) is 9.53 Å². The maximum atomic E-state index is 12.5. The fourth-order valence-corrected chi connectivity index (χ4v) is 3.59. The summed E-state index contributed by atoms with van der Waals surface area (Å²) < 4.78 is 5.64. The monoisotopic (exact) mass is 293 g/mol. The molecule has 0 aromatic rings. The van der Waals surface area contributed by atoms with Gasteiger partial charge in [-0.2, -0.15) is 0 Å². The summed E-state index contributed by atoms with van der Waals surface area (Å²) in [7, 11) is 2.07. The predicted octanol–water partition coefficient (Wildman–Crippen LogP) is 0.918. The van der Waals surface area contributed by atoms with Gasteiger partial charge in [-0.1, -0.05) is 0 Å². The van der Waals surface area contributed by atoms with Crippen molar-refractivity contribution in [1.29, 1.82) is 0 Å². The number of rotatable bonds is 3. The van der Waals surface area contributed by atoms with Crippen molar-refractivity contribution in [2.24, 2.45) is 0 Å². The van der Waals surface area contributed by atoms with Crippen molar-refractivity contribution in [3.8, 4) is 0 Å². The Balaban J connectivity index is 1.44. The smallest absolute Gasteiger partial charge is 0.240 e. The van der Waals surface area contributed by atoms with Crippen LogP contribution in [0.5, 0.6) is 0 Å². The average Bonchev–Trinajstić information content (AvgIpc) is 2.94. The number of amides is 1.